The van der Waals surface area contributed by atoms with Crippen LogP contribution < -0.4 is 5.32 Å². The van der Waals surface area contributed by atoms with E-state index in [9.17, 15) is 19.8 Å². The molecule has 0 aromatic heterocycles. The molecule has 0 radical (unpaired) electrons. The van der Waals surface area contributed by atoms with Gasteiger partial charge >= 0.3 is 5.97 Å². The van der Waals surface area contributed by atoms with Gasteiger partial charge < -0.3 is 20.3 Å². The summed E-state index contributed by atoms with van der Waals surface area (Å²) in [4.78, 5) is 24.1. The molecule has 0 saturated heterocycles. The first-order chi connectivity index (χ1) is 11.3. The highest BCUT2D eigenvalue weighted by molar-refractivity contribution is 9.10. The van der Waals surface area contributed by atoms with Crippen LogP contribution in [0.3, 0.4) is 0 Å². The molecule has 126 valence electrons. The first-order valence-electron chi connectivity index (χ1n) is 7.08. The third kappa shape index (κ3) is 4.05. The van der Waals surface area contributed by atoms with Gasteiger partial charge in [-0.05, 0) is 49.7 Å². The number of halogens is 1. The molecule has 1 unspecified atom stereocenters. The lowest BCUT2D eigenvalue weighted by Gasteiger charge is -2.14. The van der Waals surface area contributed by atoms with E-state index in [0.29, 0.717) is 11.3 Å². The number of phenols is 2. The van der Waals surface area contributed by atoms with E-state index in [-0.39, 0.29) is 5.56 Å². The Kier molecular flexibility index (Phi) is 5.46. The topological polar surface area (TPSA) is 95.9 Å². The molecule has 2 aromatic rings. The van der Waals surface area contributed by atoms with Crippen LogP contribution in [0, 0.1) is 6.92 Å². The Labute approximate surface area is 147 Å². The molecule has 0 aliphatic rings. The van der Waals surface area contributed by atoms with Gasteiger partial charge in [-0.25, -0.2) is 4.79 Å². The van der Waals surface area contributed by atoms with Crippen molar-refractivity contribution in [1.29, 1.82) is 0 Å². The maximum absolute atomic E-state index is 12.1. The van der Waals surface area contributed by atoms with E-state index in [1.165, 1.54) is 19.1 Å². The lowest BCUT2D eigenvalue weighted by molar-refractivity contribution is -0.123. The van der Waals surface area contributed by atoms with Crippen molar-refractivity contribution in [3.63, 3.8) is 0 Å². The van der Waals surface area contributed by atoms with Gasteiger partial charge in [0.25, 0.3) is 5.91 Å². The highest BCUT2D eigenvalue weighted by atomic mass is 79.9. The molecule has 1 atom stereocenters. The van der Waals surface area contributed by atoms with Crippen LogP contribution in [0.4, 0.5) is 5.69 Å². The number of nitrogens with one attached hydrogen (secondary N) is 1. The normalized spacial score (nSPS) is 11.6. The third-order valence-corrected chi connectivity index (χ3v) is 3.87. The molecule has 6 nitrogen and oxygen atoms in total. The Morgan fingerprint density at radius 2 is 1.71 bits per heavy atom. The molecule has 0 fully saturated rings. The fourth-order valence-electron chi connectivity index (χ4n) is 1.90. The fourth-order valence-corrected chi connectivity index (χ4v) is 2.16. The summed E-state index contributed by atoms with van der Waals surface area (Å²) in [6.45, 7) is 3.00. The highest BCUT2D eigenvalue weighted by Crippen LogP contribution is 2.32. The molecule has 0 aliphatic heterocycles. The molecular formula is C17H16BrNO5. The summed E-state index contributed by atoms with van der Waals surface area (Å²) < 4.78 is 5.91. The van der Waals surface area contributed by atoms with Crippen LogP contribution in [0.15, 0.2) is 40.9 Å². The van der Waals surface area contributed by atoms with Crippen molar-refractivity contribution in [2.75, 3.05) is 5.32 Å². The van der Waals surface area contributed by atoms with Gasteiger partial charge in [0.1, 0.15) is 5.56 Å². The van der Waals surface area contributed by atoms with Crippen LogP contribution in [-0.4, -0.2) is 28.2 Å². The van der Waals surface area contributed by atoms with Crippen LogP contribution in [0.1, 0.15) is 22.8 Å². The lowest BCUT2D eigenvalue weighted by atomic mass is 10.1. The summed E-state index contributed by atoms with van der Waals surface area (Å²) in [6.07, 6.45) is -1.08. The molecule has 0 bridgehead atoms. The van der Waals surface area contributed by atoms with Crippen molar-refractivity contribution < 1.29 is 24.5 Å². The monoisotopic (exact) mass is 393 g/mol. The molecule has 2 aromatic carbocycles. The van der Waals surface area contributed by atoms with Crippen LogP contribution >= 0.6 is 15.9 Å². The number of aryl methyl sites for hydroxylation is 1. The van der Waals surface area contributed by atoms with Crippen molar-refractivity contribution in [3.05, 3.63) is 52.0 Å². The second-order valence-corrected chi connectivity index (χ2v) is 6.09. The Morgan fingerprint density at radius 3 is 2.33 bits per heavy atom. The molecular weight excluding hydrogens is 378 g/mol. The minimum Gasteiger partial charge on any atom is -0.504 e. The first kappa shape index (κ1) is 17.8. The van der Waals surface area contributed by atoms with E-state index < -0.39 is 29.5 Å². The van der Waals surface area contributed by atoms with Crippen molar-refractivity contribution in [2.24, 2.45) is 0 Å². The number of hydrogen-bond donors (Lipinski definition) is 3. The number of amides is 1. The average molecular weight is 394 g/mol. The predicted octanol–water partition coefficient (Wildman–Crippen LogP) is 3.35. The number of rotatable bonds is 4. The molecule has 0 aliphatic carbocycles. The largest absolute Gasteiger partial charge is 0.504 e. The lowest BCUT2D eigenvalue weighted by Crippen LogP contribution is -2.30. The number of carbonyl (C=O) groups is 2. The molecule has 24 heavy (non-hydrogen) atoms. The average Bonchev–Trinajstić information content (AvgIpc) is 2.54. The van der Waals surface area contributed by atoms with Gasteiger partial charge in [0.05, 0.1) is 0 Å². The van der Waals surface area contributed by atoms with E-state index in [0.717, 1.165) is 4.47 Å². The zero-order valence-electron chi connectivity index (χ0n) is 13.0. The zero-order valence-corrected chi connectivity index (χ0v) is 14.6. The van der Waals surface area contributed by atoms with E-state index >= 15 is 0 Å². The van der Waals surface area contributed by atoms with Crippen LogP contribution in [0.5, 0.6) is 11.5 Å². The standard InChI is InChI=1S/C17H16BrNO5/c1-9-3-8-13(15(21)14(9)20)17(23)24-10(2)16(22)19-12-6-4-11(18)5-7-12/h3-8,10,20-21H,1-2H3,(H,19,22). The summed E-state index contributed by atoms with van der Waals surface area (Å²) in [7, 11) is 0. The fraction of sp³-hybridized carbons (Fsp3) is 0.176. The van der Waals surface area contributed by atoms with E-state index in [2.05, 4.69) is 21.2 Å². The summed E-state index contributed by atoms with van der Waals surface area (Å²) in [5.41, 5.74) is 0.772. The minimum absolute atomic E-state index is 0.207. The second-order valence-electron chi connectivity index (χ2n) is 5.17. The van der Waals surface area contributed by atoms with Gasteiger partial charge in [0, 0.05) is 10.2 Å². The maximum Gasteiger partial charge on any atom is 0.342 e. The third-order valence-electron chi connectivity index (χ3n) is 3.34. The number of phenolic OH excluding ortho intramolecular Hbond substituents is 2. The quantitative estimate of drug-likeness (QED) is 0.546. The number of ether oxygens (including phenoxy) is 1. The zero-order chi connectivity index (χ0) is 17.9. The van der Waals surface area contributed by atoms with Crippen molar-refractivity contribution in [2.45, 2.75) is 20.0 Å². The van der Waals surface area contributed by atoms with Crippen molar-refractivity contribution in [3.8, 4) is 11.5 Å². The molecule has 0 heterocycles. The molecule has 0 spiro atoms. The Balaban J connectivity index is 2.04. The highest BCUT2D eigenvalue weighted by Gasteiger charge is 2.22. The Morgan fingerprint density at radius 1 is 1.08 bits per heavy atom. The first-order valence-corrected chi connectivity index (χ1v) is 7.88. The molecule has 1 amide bonds. The van der Waals surface area contributed by atoms with Crippen molar-refractivity contribution >= 4 is 33.5 Å². The summed E-state index contributed by atoms with van der Waals surface area (Å²) in [5, 5.41) is 22.1. The maximum atomic E-state index is 12.1. The van der Waals surface area contributed by atoms with E-state index in [1.54, 1.807) is 31.2 Å². The molecule has 2 rings (SSSR count). The van der Waals surface area contributed by atoms with E-state index in [4.69, 9.17) is 4.74 Å². The van der Waals surface area contributed by atoms with Crippen LogP contribution in [0.2, 0.25) is 0 Å². The van der Waals surface area contributed by atoms with Gasteiger partial charge in [0.2, 0.25) is 0 Å². The second kappa shape index (κ2) is 7.35. The molecule has 3 N–H and O–H groups in total. The van der Waals surface area contributed by atoms with Gasteiger partial charge in [-0.3, -0.25) is 4.79 Å². The van der Waals surface area contributed by atoms with E-state index in [1.807, 2.05) is 0 Å². The summed E-state index contributed by atoms with van der Waals surface area (Å²) in [5.74, 6) is -2.38. The van der Waals surface area contributed by atoms with Gasteiger partial charge in [0.15, 0.2) is 17.6 Å². The van der Waals surface area contributed by atoms with Gasteiger partial charge in [-0.15, -0.1) is 0 Å². The van der Waals surface area contributed by atoms with Gasteiger partial charge in [-0.1, -0.05) is 22.0 Å². The number of hydrogen-bond acceptors (Lipinski definition) is 5. The summed E-state index contributed by atoms with van der Waals surface area (Å²) >= 11 is 3.29. The smallest absolute Gasteiger partial charge is 0.342 e. The SMILES string of the molecule is Cc1ccc(C(=O)OC(C)C(=O)Nc2ccc(Br)cc2)c(O)c1O. The predicted molar refractivity (Wildman–Crippen MR) is 92.2 cm³/mol. The van der Waals surface area contributed by atoms with Crippen molar-refractivity contribution in [1.82, 2.24) is 0 Å². The van der Waals surface area contributed by atoms with Crippen LogP contribution in [-0.2, 0) is 9.53 Å². The number of esters is 1. The molecule has 7 heteroatoms. The number of aromatic hydroxyl groups is 2. The number of anilines is 1. The summed E-state index contributed by atoms with van der Waals surface area (Å²) in [6, 6.07) is 9.71. The van der Waals surface area contributed by atoms with Crippen LogP contribution in [0.25, 0.3) is 0 Å². The Bertz CT molecular complexity index is 773. The Hall–Kier alpha value is -2.54. The number of carbonyl (C=O) groups excluding carboxylic acids is 2. The van der Waals surface area contributed by atoms with Gasteiger partial charge in [-0.2, -0.15) is 0 Å². The minimum atomic E-state index is -1.08. The number of benzene rings is 2. The molecule has 0 saturated carbocycles.